The average molecular weight is 437 g/mol. The molecule has 0 fully saturated rings. The van der Waals surface area contributed by atoms with Gasteiger partial charge in [-0.05, 0) is 61.7 Å². The summed E-state index contributed by atoms with van der Waals surface area (Å²) in [6.45, 7) is 6.12. The Hall–Kier alpha value is -2.96. The number of hydrogen-bond acceptors (Lipinski definition) is 3. The molecule has 0 saturated heterocycles. The van der Waals surface area contributed by atoms with Crippen molar-refractivity contribution in [3.63, 3.8) is 0 Å². The van der Waals surface area contributed by atoms with Gasteiger partial charge >= 0.3 is 0 Å². The third-order valence-electron chi connectivity index (χ3n) is 5.35. The number of nitrogens with zero attached hydrogens (tertiary/aromatic N) is 1. The molecule has 0 aliphatic carbocycles. The molecule has 0 bridgehead atoms. The van der Waals surface area contributed by atoms with Crippen LogP contribution in [-0.2, 0) is 16.6 Å². The van der Waals surface area contributed by atoms with Crippen LogP contribution in [0.15, 0.2) is 77.7 Å². The molecule has 0 saturated carbocycles. The highest BCUT2D eigenvalue weighted by Gasteiger charge is 2.21. The van der Waals surface area contributed by atoms with Gasteiger partial charge in [0.05, 0.1) is 10.9 Å². The topological polar surface area (TPSA) is 66.5 Å². The van der Waals surface area contributed by atoms with Crippen molar-refractivity contribution in [2.24, 2.45) is 0 Å². The summed E-state index contributed by atoms with van der Waals surface area (Å²) in [5, 5.41) is 3.02. The summed E-state index contributed by atoms with van der Waals surface area (Å²) in [6.07, 6.45) is 0. The number of hydrogen-bond donors (Lipinski definition) is 1. The van der Waals surface area contributed by atoms with Crippen molar-refractivity contribution in [3.8, 4) is 0 Å². The number of carbonyl (C=O) groups excluding carboxylic acids is 1. The molecule has 1 amide bonds. The first-order valence-corrected chi connectivity index (χ1v) is 11.6. The number of benzene rings is 3. The van der Waals surface area contributed by atoms with Gasteiger partial charge in [0.1, 0.15) is 0 Å². The number of aryl methyl sites for hydroxylation is 2. The summed E-state index contributed by atoms with van der Waals surface area (Å²) in [6, 6.07) is 21.7. The number of carbonyl (C=O) groups is 1. The third-order valence-corrected chi connectivity index (χ3v) is 7.17. The van der Waals surface area contributed by atoms with Crippen LogP contribution in [0.25, 0.3) is 0 Å². The van der Waals surface area contributed by atoms with Crippen LogP contribution in [0.1, 0.15) is 45.6 Å². The molecule has 162 valence electrons. The van der Waals surface area contributed by atoms with Crippen LogP contribution in [0.5, 0.6) is 0 Å². The predicted molar refractivity (Wildman–Crippen MR) is 123 cm³/mol. The molecule has 3 aromatic rings. The molecule has 0 aliphatic rings. The first-order chi connectivity index (χ1) is 14.7. The number of nitrogens with one attached hydrogen (secondary N) is 1. The van der Waals surface area contributed by atoms with E-state index in [0.29, 0.717) is 5.56 Å². The highest BCUT2D eigenvalue weighted by Crippen LogP contribution is 2.19. The van der Waals surface area contributed by atoms with Gasteiger partial charge in [0.25, 0.3) is 5.91 Å². The Labute approximate surface area is 184 Å². The van der Waals surface area contributed by atoms with Crippen molar-refractivity contribution in [1.29, 1.82) is 0 Å². The summed E-state index contributed by atoms with van der Waals surface area (Å²) in [5.41, 5.74) is 4.56. The van der Waals surface area contributed by atoms with Crippen LogP contribution in [0, 0.1) is 13.8 Å². The van der Waals surface area contributed by atoms with Crippen LogP contribution in [-0.4, -0.2) is 25.7 Å². The average Bonchev–Trinajstić information content (AvgIpc) is 2.74. The van der Waals surface area contributed by atoms with E-state index in [0.717, 1.165) is 22.3 Å². The second-order valence-electron chi connectivity index (χ2n) is 7.82. The van der Waals surface area contributed by atoms with Crippen molar-refractivity contribution < 1.29 is 13.2 Å². The lowest BCUT2D eigenvalue weighted by molar-refractivity contribution is 0.0940. The Kier molecular flexibility index (Phi) is 6.93. The smallest absolute Gasteiger partial charge is 0.251 e. The highest BCUT2D eigenvalue weighted by molar-refractivity contribution is 7.89. The highest BCUT2D eigenvalue weighted by atomic mass is 32.2. The predicted octanol–water partition coefficient (Wildman–Crippen LogP) is 4.62. The zero-order valence-electron chi connectivity index (χ0n) is 18.3. The quantitative estimate of drug-likeness (QED) is 0.588. The first kappa shape index (κ1) is 22.7. The molecule has 0 heterocycles. The van der Waals surface area contributed by atoms with Gasteiger partial charge in [0.15, 0.2) is 0 Å². The van der Waals surface area contributed by atoms with E-state index in [1.807, 2.05) is 45.0 Å². The van der Waals surface area contributed by atoms with Crippen LogP contribution in [0.3, 0.4) is 0 Å². The van der Waals surface area contributed by atoms with Gasteiger partial charge < -0.3 is 5.32 Å². The Balaban J connectivity index is 1.66. The number of amides is 1. The monoisotopic (exact) mass is 436 g/mol. The molecule has 0 spiro atoms. The SMILES string of the molecule is Cc1ccc(S(=O)(=O)N(C)Cc2ccc(C(=O)NC(C)c3ccccc3C)cc2)cc1. The molecule has 1 unspecified atom stereocenters. The lowest BCUT2D eigenvalue weighted by Gasteiger charge is -2.18. The lowest BCUT2D eigenvalue weighted by Crippen LogP contribution is -2.27. The van der Waals surface area contributed by atoms with E-state index in [2.05, 4.69) is 5.32 Å². The zero-order chi connectivity index (χ0) is 22.6. The Morgan fingerprint density at radius 3 is 2.16 bits per heavy atom. The summed E-state index contributed by atoms with van der Waals surface area (Å²) in [7, 11) is -2.02. The molecule has 6 heteroatoms. The summed E-state index contributed by atoms with van der Waals surface area (Å²) >= 11 is 0. The van der Waals surface area contributed by atoms with Crippen LogP contribution < -0.4 is 5.32 Å². The fourth-order valence-electron chi connectivity index (χ4n) is 3.42. The second kappa shape index (κ2) is 9.45. The maximum atomic E-state index is 12.8. The minimum absolute atomic E-state index is 0.112. The summed E-state index contributed by atoms with van der Waals surface area (Å²) in [4.78, 5) is 12.9. The van der Waals surface area contributed by atoms with Gasteiger partial charge in [0, 0.05) is 19.2 Å². The van der Waals surface area contributed by atoms with Crippen LogP contribution >= 0.6 is 0 Å². The van der Waals surface area contributed by atoms with E-state index >= 15 is 0 Å². The van der Waals surface area contributed by atoms with Crippen molar-refractivity contribution in [2.45, 2.75) is 38.3 Å². The maximum Gasteiger partial charge on any atom is 0.251 e. The molecule has 5 nitrogen and oxygen atoms in total. The molecule has 31 heavy (non-hydrogen) atoms. The van der Waals surface area contributed by atoms with Crippen molar-refractivity contribution >= 4 is 15.9 Å². The van der Waals surface area contributed by atoms with Gasteiger partial charge in [0.2, 0.25) is 10.0 Å². The molecule has 0 aromatic heterocycles. The minimum Gasteiger partial charge on any atom is -0.346 e. The normalized spacial score (nSPS) is 12.5. The van der Waals surface area contributed by atoms with E-state index in [-0.39, 0.29) is 23.4 Å². The van der Waals surface area contributed by atoms with E-state index < -0.39 is 10.0 Å². The zero-order valence-corrected chi connectivity index (χ0v) is 19.1. The van der Waals surface area contributed by atoms with Gasteiger partial charge in [-0.15, -0.1) is 0 Å². The lowest BCUT2D eigenvalue weighted by atomic mass is 10.0. The molecule has 3 aromatic carbocycles. The van der Waals surface area contributed by atoms with Crippen molar-refractivity contribution in [3.05, 3.63) is 101 Å². The molecule has 0 radical (unpaired) electrons. The van der Waals surface area contributed by atoms with E-state index in [1.165, 1.54) is 4.31 Å². The van der Waals surface area contributed by atoms with E-state index in [9.17, 15) is 13.2 Å². The first-order valence-electron chi connectivity index (χ1n) is 10.2. The molecule has 1 atom stereocenters. The van der Waals surface area contributed by atoms with Gasteiger partial charge in [-0.25, -0.2) is 8.42 Å². The van der Waals surface area contributed by atoms with Crippen molar-refractivity contribution in [2.75, 3.05) is 7.05 Å². The molecular weight excluding hydrogens is 408 g/mol. The van der Waals surface area contributed by atoms with Crippen molar-refractivity contribution in [1.82, 2.24) is 9.62 Å². The van der Waals surface area contributed by atoms with Crippen LogP contribution in [0.4, 0.5) is 0 Å². The molecule has 1 N–H and O–H groups in total. The third kappa shape index (κ3) is 5.40. The van der Waals surface area contributed by atoms with Gasteiger partial charge in [-0.3, -0.25) is 4.79 Å². The molecule has 3 rings (SSSR count). The summed E-state index contributed by atoms with van der Waals surface area (Å²) in [5.74, 6) is -0.164. The van der Waals surface area contributed by atoms with Gasteiger partial charge in [-0.2, -0.15) is 4.31 Å². The summed E-state index contributed by atoms with van der Waals surface area (Å²) < 4.78 is 26.8. The molecular formula is C25H28N2O3S. The van der Waals surface area contributed by atoms with E-state index in [1.54, 1.807) is 55.6 Å². The van der Waals surface area contributed by atoms with Crippen LogP contribution in [0.2, 0.25) is 0 Å². The number of rotatable bonds is 7. The standard InChI is InChI=1S/C25H28N2O3S/c1-18-9-15-23(16-10-18)31(29,30)27(4)17-21-11-13-22(14-12-21)25(28)26-20(3)24-8-6-5-7-19(24)2/h5-16,20H,17H2,1-4H3,(H,26,28). The fourth-order valence-corrected chi connectivity index (χ4v) is 4.58. The second-order valence-corrected chi connectivity index (χ2v) is 9.87. The Bertz CT molecular complexity index is 1150. The van der Waals surface area contributed by atoms with Gasteiger partial charge in [-0.1, -0.05) is 54.1 Å². The van der Waals surface area contributed by atoms with E-state index in [4.69, 9.17) is 0 Å². The Morgan fingerprint density at radius 1 is 0.935 bits per heavy atom. The molecule has 0 aliphatic heterocycles. The number of sulfonamides is 1. The largest absolute Gasteiger partial charge is 0.346 e. The maximum absolute atomic E-state index is 12.8. The minimum atomic E-state index is -3.58. The Morgan fingerprint density at radius 2 is 1.55 bits per heavy atom. The fraction of sp³-hybridized carbons (Fsp3) is 0.240.